The monoisotopic (exact) mass is 277 g/mol. The highest BCUT2D eigenvalue weighted by Gasteiger charge is 2.39. The van der Waals surface area contributed by atoms with E-state index in [0.29, 0.717) is 11.3 Å². The topological polar surface area (TPSA) is 23.5 Å². The summed E-state index contributed by atoms with van der Waals surface area (Å²) in [6, 6.07) is 5.07. The molecule has 1 N–H and O–H groups in total. The van der Waals surface area contributed by atoms with Crippen LogP contribution in [0, 0.1) is 23.6 Å². The van der Waals surface area contributed by atoms with Crippen LogP contribution in [-0.2, 0) is 0 Å². The first-order chi connectivity index (χ1) is 9.54. The molecule has 110 valence electrons. The summed E-state index contributed by atoms with van der Waals surface area (Å²) in [7, 11) is 1.98. The Kier molecular flexibility index (Phi) is 3.72. The van der Waals surface area contributed by atoms with E-state index in [1.807, 2.05) is 18.0 Å². The summed E-state index contributed by atoms with van der Waals surface area (Å²) in [5.41, 5.74) is 1.29. The van der Waals surface area contributed by atoms with Crippen LogP contribution in [0.2, 0.25) is 0 Å². The molecule has 3 rings (SSSR count). The summed E-state index contributed by atoms with van der Waals surface area (Å²) in [5.74, 6) is 2.30. The molecule has 2 fully saturated rings. The third-order valence-corrected chi connectivity index (χ3v) is 5.26. The van der Waals surface area contributed by atoms with E-state index in [4.69, 9.17) is 0 Å². The summed E-state index contributed by atoms with van der Waals surface area (Å²) in [5, 5.41) is 9.50. The highest BCUT2D eigenvalue weighted by atomic mass is 19.1. The van der Waals surface area contributed by atoms with Gasteiger partial charge in [0.25, 0.3) is 0 Å². The highest BCUT2D eigenvalue weighted by molar-refractivity contribution is 5.49. The number of anilines is 1. The molecule has 4 atom stereocenters. The SMILES string of the molecule is C[C@@H](O)c1ccc(N(C)CC2CC3CCC2C3)c(F)c1. The van der Waals surface area contributed by atoms with Crippen molar-refractivity contribution in [1.29, 1.82) is 0 Å². The molecule has 1 aromatic rings. The fraction of sp³-hybridized carbons (Fsp3) is 0.647. The molecule has 0 amide bonds. The van der Waals surface area contributed by atoms with E-state index in [1.54, 1.807) is 13.0 Å². The average Bonchev–Trinajstić information content (AvgIpc) is 3.00. The first-order valence-corrected chi connectivity index (χ1v) is 7.73. The van der Waals surface area contributed by atoms with Crippen LogP contribution in [0.15, 0.2) is 18.2 Å². The number of aliphatic hydroxyl groups is 1. The predicted octanol–water partition coefficient (Wildman–Crippen LogP) is 3.75. The maximum absolute atomic E-state index is 14.2. The second kappa shape index (κ2) is 5.36. The Hall–Kier alpha value is -1.09. The molecule has 2 nitrogen and oxygen atoms in total. The van der Waals surface area contributed by atoms with Crippen LogP contribution in [-0.4, -0.2) is 18.7 Å². The van der Waals surface area contributed by atoms with Gasteiger partial charge in [0.05, 0.1) is 11.8 Å². The molecule has 2 saturated carbocycles. The summed E-state index contributed by atoms with van der Waals surface area (Å²) in [4.78, 5) is 2.05. The van der Waals surface area contributed by atoms with Crippen molar-refractivity contribution in [1.82, 2.24) is 0 Å². The summed E-state index contributed by atoms with van der Waals surface area (Å²) >= 11 is 0. The first-order valence-electron chi connectivity index (χ1n) is 7.73. The third-order valence-electron chi connectivity index (χ3n) is 5.26. The number of hydrogen-bond donors (Lipinski definition) is 1. The van der Waals surface area contributed by atoms with Crippen LogP contribution in [0.5, 0.6) is 0 Å². The van der Waals surface area contributed by atoms with Crippen molar-refractivity contribution in [2.45, 2.75) is 38.7 Å². The molecule has 1 aromatic carbocycles. The van der Waals surface area contributed by atoms with Crippen LogP contribution >= 0.6 is 0 Å². The van der Waals surface area contributed by atoms with Crippen LogP contribution in [0.3, 0.4) is 0 Å². The molecule has 2 aliphatic carbocycles. The van der Waals surface area contributed by atoms with Gasteiger partial charge in [-0.15, -0.1) is 0 Å². The van der Waals surface area contributed by atoms with E-state index >= 15 is 0 Å². The van der Waals surface area contributed by atoms with Crippen molar-refractivity contribution < 1.29 is 9.50 Å². The van der Waals surface area contributed by atoms with Crippen molar-refractivity contribution in [3.05, 3.63) is 29.6 Å². The number of benzene rings is 1. The normalized spacial score (nSPS) is 29.7. The van der Waals surface area contributed by atoms with Gasteiger partial charge in [0.2, 0.25) is 0 Å². The zero-order chi connectivity index (χ0) is 14.3. The molecule has 0 spiro atoms. The van der Waals surface area contributed by atoms with Gasteiger partial charge in [0.1, 0.15) is 5.82 Å². The van der Waals surface area contributed by atoms with Crippen molar-refractivity contribution in [3.8, 4) is 0 Å². The van der Waals surface area contributed by atoms with Gasteiger partial charge in [-0.25, -0.2) is 4.39 Å². The molecule has 20 heavy (non-hydrogen) atoms. The van der Waals surface area contributed by atoms with Gasteiger partial charge >= 0.3 is 0 Å². The molecule has 2 aliphatic rings. The zero-order valence-electron chi connectivity index (χ0n) is 12.3. The average molecular weight is 277 g/mol. The predicted molar refractivity (Wildman–Crippen MR) is 79.2 cm³/mol. The molecule has 0 saturated heterocycles. The number of nitrogens with zero attached hydrogens (tertiary/aromatic N) is 1. The van der Waals surface area contributed by atoms with Crippen LogP contribution in [0.25, 0.3) is 0 Å². The number of rotatable bonds is 4. The highest BCUT2D eigenvalue weighted by Crippen LogP contribution is 2.48. The van der Waals surface area contributed by atoms with Crippen LogP contribution < -0.4 is 4.90 Å². The first kappa shape index (κ1) is 13.9. The zero-order valence-corrected chi connectivity index (χ0v) is 12.3. The quantitative estimate of drug-likeness (QED) is 0.906. The number of halogens is 1. The lowest BCUT2D eigenvalue weighted by atomic mass is 9.88. The standard InChI is InChI=1S/C17H24FNO/c1-11(20)13-5-6-17(16(18)9-13)19(2)10-15-8-12-3-4-14(15)7-12/h5-6,9,11-12,14-15,20H,3-4,7-8,10H2,1-2H3/t11-,12?,14?,15?/m1/s1. The Bertz CT molecular complexity index is 488. The Labute approximate surface area is 120 Å². The lowest BCUT2D eigenvalue weighted by Gasteiger charge is -2.29. The van der Waals surface area contributed by atoms with Gasteiger partial charge in [-0.2, -0.15) is 0 Å². The molecule has 0 aromatic heterocycles. The Morgan fingerprint density at radius 2 is 2.15 bits per heavy atom. The minimum atomic E-state index is -0.616. The van der Waals surface area contributed by atoms with Gasteiger partial charge in [-0.3, -0.25) is 0 Å². The van der Waals surface area contributed by atoms with Gasteiger partial charge in [0.15, 0.2) is 0 Å². The van der Waals surface area contributed by atoms with Crippen LogP contribution in [0.1, 0.15) is 44.3 Å². The molecule has 3 unspecified atom stereocenters. The van der Waals surface area contributed by atoms with E-state index in [9.17, 15) is 9.50 Å². The third kappa shape index (κ3) is 2.56. The number of hydrogen-bond acceptors (Lipinski definition) is 2. The van der Waals surface area contributed by atoms with Gasteiger partial charge in [0, 0.05) is 13.6 Å². The second-order valence-electron chi connectivity index (χ2n) is 6.70. The molecule has 3 heteroatoms. The largest absolute Gasteiger partial charge is 0.389 e. The Balaban J connectivity index is 1.69. The van der Waals surface area contributed by atoms with Crippen molar-refractivity contribution >= 4 is 5.69 Å². The van der Waals surface area contributed by atoms with Gasteiger partial charge in [-0.1, -0.05) is 12.5 Å². The molecule has 0 aliphatic heterocycles. The van der Waals surface area contributed by atoms with Gasteiger partial charge < -0.3 is 10.0 Å². The summed E-state index contributed by atoms with van der Waals surface area (Å²) < 4.78 is 14.2. The van der Waals surface area contributed by atoms with Gasteiger partial charge in [-0.05, 0) is 61.6 Å². The van der Waals surface area contributed by atoms with E-state index < -0.39 is 6.10 Å². The Morgan fingerprint density at radius 1 is 1.35 bits per heavy atom. The molecular weight excluding hydrogens is 253 g/mol. The minimum absolute atomic E-state index is 0.228. The number of aliphatic hydroxyl groups excluding tert-OH is 1. The second-order valence-corrected chi connectivity index (χ2v) is 6.70. The molecule has 2 bridgehead atoms. The lowest BCUT2D eigenvalue weighted by Crippen LogP contribution is -2.29. The minimum Gasteiger partial charge on any atom is -0.389 e. The summed E-state index contributed by atoms with van der Waals surface area (Å²) in [6.07, 6.45) is 4.87. The summed E-state index contributed by atoms with van der Waals surface area (Å²) in [6.45, 7) is 2.61. The van der Waals surface area contributed by atoms with Crippen molar-refractivity contribution in [2.75, 3.05) is 18.5 Å². The van der Waals surface area contributed by atoms with Crippen LogP contribution in [0.4, 0.5) is 10.1 Å². The molecule has 0 radical (unpaired) electrons. The fourth-order valence-corrected chi connectivity index (χ4v) is 4.14. The molecular formula is C17H24FNO. The molecule has 0 heterocycles. The van der Waals surface area contributed by atoms with Crippen molar-refractivity contribution in [3.63, 3.8) is 0 Å². The maximum Gasteiger partial charge on any atom is 0.146 e. The van der Waals surface area contributed by atoms with E-state index in [0.717, 1.165) is 24.3 Å². The van der Waals surface area contributed by atoms with E-state index in [-0.39, 0.29) is 5.82 Å². The Morgan fingerprint density at radius 3 is 2.70 bits per heavy atom. The number of fused-ring (bicyclic) bond motifs is 2. The van der Waals surface area contributed by atoms with E-state index in [1.165, 1.54) is 31.7 Å². The lowest BCUT2D eigenvalue weighted by molar-refractivity contribution is 0.199. The maximum atomic E-state index is 14.2. The smallest absolute Gasteiger partial charge is 0.146 e. The van der Waals surface area contributed by atoms with E-state index in [2.05, 4.69) is 0 Å². The van der Waals surface area contributed by atoms with Crippen molar-refractivity contribution in [2.24, 2.45) is 17.8 Å². The fourth-order valence-electron chi connectivity index (χ4n) is 4.14.